The van der Waals surface area contributed by atoms with E-state index in [-0.39, 0.29) is 11.5 Å². The molecule has 1 amide bonds. The predicted molar refractivity (Wildman–Crippen MR) is 170 cm³/mol. The monoisotopic (exact) mass is 606 g/mol. The molecule has 0 bridgehead atoms. The maximum absolute atomic E-state index is 13.9. The molecule has 1 saturated carbocycles. The van der Waals surface area contributed by atoms with E-state index in [0.29, 0.717) is 33.9 Å². The second-order valence-electron chi connectivity index (χ2n) is 13.5. The van der Waals surface area contributed by atoms with E-state index in [0.717, 1.165) is 31.5 Å². The number of benzene rings is 1. The molecule has 43 heavy (non-hydrogen) atoms. The second kappa shape index (κ2) is 11.5. The topological polar surface area (TPSA) is 137 Å². The van der Waals surface area contributed by atoms with E-state index in [4.69, 9.17) is 4.98 Å². The quantitative estimate of drug-likeness (QED) is 0.266. The van der Waals surface area contributed by atoms with Gasteiger partial charge in [-0.2, -0.15) is 0 Å². The van der Waals surface area contributed by atoms with Crippen molar-refractivity contribution in [3.63, 3.8) is 0 Å². The lowest BCUT2D eigenvalue weighted by molar-refractivity contribution is 0.102. The van der Waals surface area contributed by atoms with Crippen molar-refractivity contribution in [2.75, 3.05) is 35.2 Å². The molecule has 3 aromatic rings. The number of hydrogen-bond acceptors (Lipinski definition) is 8. The van der Waals surface area contributed by atoms with Crippen molar-refractivity contribution in [3.8, 4) is 11.1 Å². The van der Waals surface area contributed by atoms with Crippen molar-refractivity contribution < 1.29 is 18.3 Å². The molecule has 0 atom stereocenters. The van der Waals surface area contributed by atoms with Crippen LogP contribution in [0.25, 0.3) is 11.1 Å². The number of pyridine rings is 2. The molecule has 1 aromatic carbocycles. The Morgan fingerprint density at radius 3 is 2.33 bits per heavy atom. The SMILES string of the molecule is CC(C)(C)NS(=O)(=O)c1cc(NC(=O)c2ccc(NC(C)(C)CO)nc2N2CCC3(CC2)CC3)cc(-c2cccnc2)c1. The maximum atomic E-state index is 13.9. The molecule has 5 rings (SSSR count). The van der Waals surface area contributed by atoms with Crippen LogP contribution in [0.2, 0.25) is 0 Å². The van der Waals surface area contributed by atoms with Gasteiger partial charge in [-0.1, -0.05) is 6.07 Å². The van der Waals surface area contributed by atoms with Crippen LogP contribution in [0.1, 0.15) is 70.7 Å². The molecule has 0 radical (unpaired) electrons. The zero-order valence-electron chi connectivity index (χ0n) is 25.6. The Morgan fingerprint density at radius 1 is 1.00 bits per heavy atom. The van der Waals surface area contributed by atoms with E-state index in [1.165, 1.54) is 18.9 Å². The van der Waals surface area contributed by atoms with Crippen LogP contribution in [0.5, 0.6) is 0 Å². The number of nitrogens with one attached hydrogen (secondary N) is 3. The fourth-order valence-corrected chi connectivity index (χ4v) is 6.87. The van der Waals surface area contributed by atoms with Gasteiger partial charge in [0, 0.05) is 42.3 Å². The van der Waals surface area contributed by atoms with Crippen LogP contribution in [0.15, 0.2) is 59.8 Å². The van der Waals surface area contributed by atoms with Gasteiger partial charge in [-0.25, -0.2) is 18.1 Å². The normalized spacial score (nSPS) is 16.7. The number of carbonyl (C=O) groups excluding carboxylic acids is 1. The molecule has 230 valence electrons. The second-order valence-corrected chi connectivity index (χ2v) is 15.2. The summed E-state index contributed by atoms with van der Waals surface area (Å²) in [5, 5.41) is 16.0. The molecule has 4 N–H and O–H groups in total. The maximum Gasteiger partial charge on any atom is 0.259 e. The van der Waals surface area contributed by atoms with Gasteiger partial charge >= 0.3 is 0 Å². The summed E-state index contributed by atoms with van der Waals surface area (Å²) >= 11 is 0. The Kier molecular flexibility index (Phi) is 8.28. The van der Waals surface area contributed by atoms with Crippen LogP contribution < -0.4 is 20.3 Å². The number of hydrogen-bond donors (Lipinski definition) is 4. The van der Waals surface area contributed by atoms with Crippen LogP contribution in [-0.2, 0) is 10.0 Å². The Bertz CT molecular complexity index is 1590. The third kappa shape index (κ3) is 7.52. The highest BCUT2D eigenvalue weighted by atomic mass is 32.2. The van der Waals surface area contributed by atoms with E-state index >= 15 is 0 Å². The predicted octanol–water partition coefficient (Wildman–Crippen LogP) is 5.04. The summed E-state index contributed by atoms with van der Waals surface area (Å²) in [7, 11) is -3.90. The number of rotatable bonds is 9. The summed E-state index contributed by atoms with van der Waals surface area (Å²) < 4.78 is 29.4. The van der Waals surface area contributed by atoms with Gasteiger partial charge in [0.2, 0.25) is 10.0 Å². The molecule has 1 spiro atoms. The molecule has 11 heteroatoms. The third-order valence-corrected chi connectivity index (χ3v) is 9.71. The number of piperidine rings is 1. The first-order valence-electron chi connectivity index (χ1n) is 14.7. The first kappa shape index (κ1) is 30.9. The number of amides is 1. The van der Waals surface area contributed by atoms with E-state index in [1.54, 1.807) is 63.5 Å². The summed E-state index contributed by atoms with van der Waals surface area (Å²) in [5.74, 6) is 0.743. The van der Waals surface area contributed by atoms with Crippen molar-refractivity contribution >= 4 is 33.3 Å². The zero-order chi connectivity index (χ0) is 31.0. The lowest BCUT2D eigenvalue weighted by atomic mass is 9.93. The van der Waals surface area contributed by atoms with Crippen LogP contribution >= 0.6 is 0 Å². The molecule has 1 saturated heterocycles. The van der Waals surface area contributed by atoms with Gasteiger partial charge in [0.25, 0.3) is 5.91 Å². The molecular formula is C32H42N6O4S. The molecule has 2 fully saturated rings. The summed E-state index contributed by atoms with van der Waals surface area (Å²) in [4.78, 5) is 25.1. The lowest BCUT2D eigenvalue weighted by Gasteiger charge is -2.34. The zero-order valence-corrected chi connectivity index (χ0v) is 26.4. The first-order chi connectivity index (χ1) is 20.2. The summed E-state index contributed by atoms with van der Waals surface area (Å²) in [6.45, 7) is 10.6. The number of sulfonamides is 1. The standard InChI is InChI=1S/C32H42N6O4S/c1-30(2,3)37-43(41,42)25-18-23(22-7-6-14-33-20-22)17-24(19-25)34-29(40)26-8-9-27(36-31(4,5)21-39)35-28(26)38-15-12-32(10-11-32)13-16-38/h6-9,14,17-20,37,39H,10-13,15-16,21H2,1-5H3,(H,34,40)(H,35,36). The van der Waals surface area contributed by atoms with Gasteiger partial charge in [-0.3, -0.25) is 9.78 Å². The Hall–Kier alpha value is -3.54. The number of aliphatic hydroxyl groups excluding tert-OH is 1. The summed E-state index contributed by atoms with van der Waals surface area (Å²) in [5.41, 5.74) is 1.22. The Balaban J connectivity index is 1.50. The van der Waals surface area contributed by atoms with Crippen molar-refractivity contribution in [2.24, 2.45) is 5.41 Å². The highest BCUT2D eigenvalue weighted by Crippen LogP contribution is 2.54. The fourth-order valence-electron chi connectivity index (χ4n) is 5.38. The number of nitrogens with zero attached hydrogens (tertiary/aromatic N) is 3. The average Bonchev–Trinajstić information content (AvgIpc) is 3.70. The van der Waals surface area contributed by atoms with E-state index in [1.807, 2.05) is 19.9 Å². The molecule has 1 aliphatic heterocycles. The fraction of sp³-hybridized carbons (Fsp3) is 0.469. The van der Waals surface area contributed by atoms with E-state index in [9.17, 15) is 18.3 Å². The van der Waals surface area contributed by atoms with Crippen LogP contribution in [-0.4, -0.2) is 60.2 Å². The molecule has 0 unspecified atom stereocenters. The van der Waals surface area contributed by atoms with Crippen LogP contribution in [0, 0.1) is 5.41 Å². The molecule has 2 aliphatic rings. The van der Waals surface area contributed by atoms with Gasteiger partial charge < -0.3 is 20.6 Å². The van der Waals surface area contributed by atoms with E-state index in [2.05, 4.69) is 25.2 Å². The van der Waals surface area contributed by atoms with Crippen LogP contribution in [0.3, 0.4) is 0 Å². The lowest BCUT2D eigenvalue weighted by Crippen LogP contribution is -2.40. The smallest absolute Gasteiger partial charge is 0.259 e. The minimum atomic E-state index is -3.90. The van der Waals surface area contributed by atoms with Gasteiger partial charge in [0.05, 0.1) is 22.6 Å². The first-order valence-corrected chi connectivity index (χ1v) is 16.2. The van der Waals surface area contributed by atoms with E-state index < -0.39 is 27.0 Å². The van der Waals surface area contributed by atoms with Gasteiger partial charge in [0.1, 0.15) is 11.6 Å². The molecule has 10 nitrogen and oxygen atoms in total. The van der Waals surface area contributed by atoms with Crippen LogP contribution in [0.4, 0.5) is 17.3 Å². The number of aliphatic hydroxyl groups is 1. The van der Waals surface area contributed by atoms with Gasteiger partial charge in [-0.15, -0.1) is 0 Å². The minimum Gasteiger partial charge on any atom is -0.394 e. The number of anilines is 3. The third-order valence-electron chi connectivity index (χ3n) is 7.97. The summed E-state index contributed by atoms with van der Waals surface area (Å²) in [6.07, 6.45) is 7.94. The average molecular weight is 607 g/mol. The van der Waals surface area contributed by atoms with Crippen molar-refractivity contribution in [3.05, 3.63) is 60.4 Å². The molecular weight excluding hydrogens is 564 g/mol. The highest BCUT2D eigenvalue weighted by Gasteiger charge is 2.45. The molecule has 3 heterocycles. The Labute approximate surface area is 254 Å². The number of carbonyl (C=O) groups is 1. The van der Waals surface area contributed by atoms with Gasteiger partial charge in [-0.05, 0) is 108 Å². The van der Waals surface area contributed by atoms with Gasteiger partial charge in [0.15, 0.2) is 0 Å². The van der Waals surface area contributed by atoms with Crippen molar-refractivity contribution in [1.82, 2.24) is 14.7 Å². The Morgan fingerprint density at radius 2 is 1.72 bits per heavy atom. The largest absolute Gasteiger partial charge is 0.394 e. The molecule has 1 aliphatic carbocycles. The van der Waals surface area contributed by atoms with Crippen molar-refractivity contribution in [2.45, 2.75) is 76.3 Å². The highest BCUT2D eigenvalue weighted by molar-refractivity contribution is 7.89. The van der Waals surface area contributed by atoms with Crippen molar-refractivity contribution in [1.29, 1.82) is 0 Å². The molecule has 2 aromatic heterocycles. The summed E-state index contributed by atoms with van der Waals surface area (Å²) in [6, 6.07) is 11.9. The number of aromatic nitrogens is 2. The minimum absolute atomic E-state index is 0.0361.